The van der Waals surface area contributed by atoms with Gasteiger partial charge in [0, 0.05) is 16.7 Å². The van der Waals surface area contributed by atoms with Crippen LogP contribution in [0.2, 0.25) is 0 Å². The van der Waals surface area contributed by atoms with E-state index in [0.717, 1.165) is 22.0 Å². The Balaban J connectivity index is 2.32. The van der Waals surface area contributed by atoms with E-state index >= 15 is 0 Å². The van der Waals surface area contributed by atoms with Gasteiger partial charge < -0.3 is 0 Å². The maximum Gasteiger partial charge on any atom is 0.169 e. The van der Waals surface area contributed by atoms with E-state index in [-0.39, 0.29) is 0 Å². The first-order chi connectivity index (χ1) is 7.20. The van der Waals surface area contributed by atoms with Crippen molar-refractivity contribution in [2.75, 3.05) is 0 Å². The molecule has 5 heteroatoms. The smallest absolute Gasteiger partial charge is 0.169 e. The molecule has 78 valence electrons. The van der Waals surface area contributed by atoms with Crippen LogP contribution in [0.25, 0.3) is 10.7 Å². The van der Waals surface area contributed by atoms with E-state index in [2.05, 4.69) is 23.8 Å². The monoisotopic (exact) mass is 238 g/mol. The third kappa shape index (κ3) is 2.13. The second kappa shape index (κ2) is 4.20. The highest BCUT2D eigenvalue weighted by Crippen LogP contribution is 2.27. The van der Waals surface area contributed by atoms with E-state index in [1.54, 1.807) is 16.7 Å². The van der Waals surface area contributed by atoms with Crippen LogP contribution in [0.3, 0.4) is 0 Å². The van der Waals surface area contributed by atoms with Crippen molar-refractivity contribution in [3.63, 3.8) is 0 Å². The largest absolute Gasteiger partial charge is 0.296 e. The number of carbonyl (C=O) groups is 1. The molecule has 0 radical (unpaired) electrons. The van der Waals surface area contributed by atoms with Crippen LogP contribution in [0, 0.1) is 0 Å². The third-order valence-electron chi connectivity index (χ3n) is 1.88. The van der Waals surface area contributed by atoms with Crippen LogP contribution >= 0.6 is 22.7 Å². The fourth-order valence-electron chi connectivity index (χ4n) is 1.11. The molecule has 2 aromatic heterocycles. The molecule has 0 amide bonds. The first kappa shape index (κ1) is 10.4. The SMILES string of the molecule is CC(C)c1nc(-c2nc(C=O)cs2)cs1. The lowest BCUT2D eigenvalue weighted by molar-refractivity contribution is 0.111. The summed E-state index contributed by atoms with van der Waals surface area (Å²) in [6.45, 7) is 4.22. The van der Waals surface area contributed by atoms with Crippen LogP contribution in [0.15, 0.2) is 10.8 Å². The van der Waals surface area contributed by atoms with Crippen molar-refractivity contribution in [1.82, 2.24) is 9.97 Å². The molecular weight excluding hydrogens is 228 g/mol. The van der Waals surface area contributed by atoms with Crippen molar-refractivity contribution in [3.8, 4) is 10.7 Å². The van der Waals surface area contributed by atoms with Gasteiger partial charge in [0.25, 0.3) is 0 Å². The van der Waals surface area contributed by atoms with Crippen LogP contribution in [-0.4, -0.2) is 16.3 Å². The first-order valence-electron chi connectivity index (χ1n) is 4.57. The van der Waals surface area contributed by atoms with Gasteiger partial charge in [0.15, 0.2) is 6.29 Å². The summed E-state index contributed by atoms with van der Waals surface area (Å²) < 4.78 is 0. The molecule has 3 nitrogen and oxygen atoms in total. The second-order valence-corrected chi connectivity index (χ2v) is 5.17. The summed E-state index contributed by atoms with van der Waals surface area (Å²) in [7, 11) is 0. The first-order valence-corrected chi connectivity index (χ1v) is 6.33. The molecule has 0 unspecified atom stereocenters. The Hall–Kier alpha value is -1.07. The molecule has 2 aromatic rings. The zero-order chi connectivity index (χ0) is 10.8. The number of aldehydes is 1. The van der Waals surface area contributed by atoms with Crippen molar-refractivity contribution in [2.45, 2.75) is 19.8 Å². The van der Waals surface area contributed by atoms with Crippen LogP contribution < -0.4 is 0 Å². The van der Waals surface area contributed by atoms with Crippen molar-refractivity contribution < 1.29 is 4.79 Å². The molecule has 2 heterocycles. The standard InChI is InChI=1S/C10H10N2OS2/c1-6(2)9-12-8(5-15-9)10-11-7(3-13)4-14-10/h3-6H,1-2H3. The number of thiazole rings is 2. The van der Waals surface area contributed by atoms with E-state index < -0.39 is 0 Å². The Morgan fingerprint density at radius 2 is 2.07 bits per heavy atom. The van der Waals surface area contributed by atoms with E-state index in [4.69, 9.17) is 0 Å². The molecule has 0 fully saturated rings. The summed E-state index contributed by atoms with van der Waals surface area (Å²) in [6.07, 6.45) is 0.760. The van der Waals surface area contributed by atoms with E-state index in [1.807, 2.05) is 5.38 Å². The van der Waals surface area contributed by atoms with Gasteiger partial charge in [0.2, 0.25) is 0 Å². The minimum Gasteiger partial charge on any atom is -0.296 e. The maximum atomic E-state index is 10.5. The number of rotatable bonds is 3. The average Bonchev–Trinajstić information content (AvgIpc) is 2.86. The molecule has 0 bridgehead atoms. The van der Waals surface area contributed by atoms with Gasteiger partial charge in [-0.25, -0.2) is 9.97 Å². The highest BCUT2D eigenvalue weighted by molar-refractivity contribution is 7.14. The zero-order valence-electron chi connectivity index (χ0n) is 8.43. The van der Waals surface area contributed by atoms with Gasteiger partial charge in [0.05, 0.1) is 5.01 Å². The Morgan fingerprint density at radius 1 is 1.27 bits per heavy atom. The Morgan fingerprint density at radius 3 is 2.60 bits per heavy atom. The summed E-state index contributed by atoms with van der Waals surface area (Å²) in [5.74, 6) is 0.439. The van der Waals surface area contributed by atoms with Gasteiger partial charge in [-0.3, -0.25) is 4.79 Å². The van der Waals surface area contributed by atoms with Gasteiger partial charge in [-0.05, 0) is 0 Å². The number of hydrogen-bond donors (Lipinski definition) is 0. The number of carbonyl (C=O) groups excluding carboxylic acids is 1. The minimum atomic E-state index is 0.439. The van der Waals surface area contributed by atoms with Gasteiger partial charge in [-0.1, -0.05) is 13.8 Å². The fraction of sp³-hybridized carbons (Fsp3) is 0.300. The quantitative estimate of drug-likeness (QED) is 0.771. The Kier molecular flexibility index (Phi) is 2.93. The molecular formula is C10H10N2OS2. The summed E-state index contributed by atoms with van der Waals surface area (Å²) in [4.78, 5) is 19.1. The summed E-state index contributed by atoms with van der Waals surface area (Å²) in [6, 6.07) is 0. The summed E-state index contributed by atoms with van der Waals surface area (Å²) >= 11 is 3.09. The maximum absolute atomic E-state index is 10.5. The van der Waals surface area contributed by atoms with E-state index in [0.29, 0.717) is 11.6 Å². The number of aromatic nitrogens is 2. The predicted molar refractivity (Wildman–Crippen MR) is 62.7 cm³/mol. The third-order valence-corrected chi connectivity index (χ3v) is 3.91. The molecule has 0 aliphatic heterocycles. The lowest BCUT2D eigenvalue weighted by Crippen LogP contribution is -1.85. The molecule has 0 aliphatic rings. The van der Waals surface area contributed by atoms with Gasteiger partial charge in [-0.15, -0.1) is 22.7 Å². The Bertz CT molecular complexity index is 473. The molecule has 0 spiro atoms. The van der Waals surface area contributed by atoms with E-state index in [9.17, 15) is 4.79 Å². The highest BCUT2D eigenvalue weighted by atomic mass is 32.1. The van der Waals surface area contributed by atoms with Crippen LogP contribution in [0.5, 0.6) is 0 Å². The van der Waals surface area contributed by atoms with Crippen molar-refractivity contribution in [2.24, 2.45) is 0 Å². The Labute approximate surface area is 95.8 Å². The van der Waals surface area contributed by atoms with Crippen LogP contribution in [0.4, 0.5) is 0 Å². The summed E-state index contributed by atoms with van der Waals surface area (Å²) in [5.41, 5.74) is 1.36. The molecule has 0 saturated carbocycles. The number of hydrogen-bond acceptors (Lipinski definition) is 5. The van der Waals surface area contributed by atoms with E-state index in [1.165, 1.54) is 11.3 Å². The molecule has 2 rings (SSSR count). The molecule has 0 saturated heterocycles. The lowest BCUT2D eigenvalue weighted by Gasteiger charge is -1.95. The predicted octanol–water partition coefficient (Wildman–Crippen LogP) is 3.20. The number of nitrogens with zero attached hydrogens (tertiary/aromatic N) is 2. The average molecular weight is 238 g/mol. The summed E-state index contributed by atoms with van der Waals surface area (Å²) in [5, 5.41) is 5.66. The zero-order valence-corrected chi connectivity index (χ0v) is 10.1. The highest BCUT2D eigenvalue weighted by Gasteiger charge is 2.10. The van der Waals surface area contributed by atoms with Crippen LogP contribution in [0.1, 0.15) is 35.3 Å². The molecule has 0 aliphatic carbocycles. The molecule has 0 aromatic carbocycles. The topological polar surface area (TPSA) is 42.9 Å². The lowest BCUT2D eigenvalue weighted by atomic mass is 10.2. The van der Waals surface area contributed by atoms with Crippen molar-refractivity contribution in [3.05, 3.63) is 21.5 Å². The molecule has 15 heavy (non-hydrogen) atoms. The molecule has 0 N–H and O–H groups in total. The van der Waals surface area contributed by atoms with Gasteiger partial charge >= 0.3 is 0 Å². The molecule has 0 atom stereocenters. The van der Waals surface area contributed by atoms with Crippen molar-refractivity contribution in [1.29, 1.82) is 0 Å². The van der Waals surface area contributed by atoms with Gasteiger partial charge in [0.1, 0.15) is 16.4 Å². The van der Waals surface area contributed by atoms with Crippen molar-refractivity contribution >= 4 is 29.0 Å². The van der Waals surface area contributed by atoms with Crippen LogP contribution in [-0.2, 0) is 0 Å². The van der Waals surface area contributed by atoms with Gasteiger partial charge in [-0.2, -0.15) is 0 Å². The normalized spacial score (nSPS) is 10.9. The minimum absolute atomic E-state index is 0.439. The second-order valence-electron chi connectivity index (χ2n) is 3.42. The fourth-order valence-corrected chi connectivity index (χ4v) is 2.73.